The van der Waals surface area contributed by atoms with Gasteiger partial charge in [0.25, 0.3) is 0 Å². The van der Waals surface area contributed by atoms with E-state index in [1.54, 1.807) is 0 Å². The Morgan fingerprint density at radius 2 is 1.50 bits per heavy atom. The molecule has 0 unspecified atom stereocenters. The lowest BCUT2D eigenvalue weighted by Crippen LogP contribution is -1.89. The first-order valence-corrected chi connectivity index (χ1v) is 6.08. The molecule has 0 aliphatic heterocycles. The molecule has 0 amide bonds. The van der Waals surface area contributed by atoms with Crippen LogP contribution < -0.4 is 5.32 Å². The van der Waals surface area contributed by atoms with E-state index >= 15 is 0 Å². The Labute approximate surface area is 123 Å². The van der Waals surface area contributed by atoms with Gasteiger partial charge in [-0.05, 0) is 17.7 Å². The molecule has 0 atom stereocenters. The number of anilines is 2. The fourth-order valence-electron chi connectivity index (χ4n) is 1.79. The lowest BCUT2D eigenvalue weighted by molar-refractivity contribution is 0.521. The fourth-order valence-corrected chi connectivity index (χ4v) is 1.79. The van der Waals surface area contributed by atoms with Crippen LogP contribution in [0.2, 0.25) is 0 Å². The Kier molecular flexibility index (Phi) is 4.74. The van der Waals surface area contributed by atoms with Crippen molar-refractivity contribution in [2.24, 2.45) is 0 Å². The zero-order chi connectivity index (χ0) is 12.9. The van der Waals surface area contributed by atoms with Gasteiger partial charge in [0.05, 0.1) is 6.42 Å². The molecule has 4 nitrogen and oxygen atoms in total. The third-order valence-electron chi connectivity index (χ3n) is 2.69. The maximum absolute atomic E-state index is 5.56. The molecule has 102 valence electrons. The average Bonchev–Trinajstić information content (AvgIpc) is 2.88. The first-order valence-electron chi connectivity index (χ1n) is 6.08. The van der Waals surface area contributed by atoms with Gasteiger partial charge >= 0.3 is 6.01 Å². The predicted molar refractivity (Wildman–Crippen MR) is 80.5 cm³/mol. The molecular formula is C15H14ClN3O. The summed E-state index contributed by atoms with van der Waals surface area (Å²) >= 11 is 0. The molecular weight excluding hydrogens is 274 g/mol. The topological polar surface area (TPSA) is 51.0 Å². The van der Waals surface area contributed by atoms with Crippen molar-refractivity contribution >= 4 is 24.1 Å². The van der Waals surface area contributed by atoms with Crippen molar-refractivity contribution in [3.8, 4) is 0 Å². The molecule has 1 N–H and O–H groups in total. The number of halogens is 1. The third-order valence-corrected chi connectivity index (χ3v) is 2.69. The van der Waals surface area contributed by atoms with Gasteiger partial charge in [-0.15, -0.1) is 17.5 Å². The van der Waals surface area contributed by atoms with E-state index in [0.29, 0.717) is 18.3 Å². The summed E-state index contributed by atoms with van der Waals surface area (Å²) in [5, 5.41) is 11.1. The first kappa shape index (κ1) is 14.1. The molecule has 2 aromatic carbocycles. The number of benzene rings is 2. The van der Waals surface area contributed by atoms with Crippen molar-refractivity contribution in [3.05, 3.63) is 72.1 Å². The molecule has 20 heavy (non-hydrogen) atoms. The maximum atomic E-state index is 5.56. The summed E-state index contributed by atoms with van der Waals surface area (Å²) < 4.78 is 5.56. The Morgan fingerprint density at radius 3 is 2.20 bits per heavy atom. The van der Waals surface area contributed by atoms with Crippen LogP contribution >= 0.6 is 12.4 Å². The van der Waals surface area contributed by atoms with Crippen LogP contribution in [0.3, 0.4) is 0 Å². The highest BCUT2D eigenvalue weighted by atomic mass is 35.5. The smallest absolute Gasteiger partial charge is 0.320 e. The fraction of sp³-hybridized carbons (Fsp3) is 0.0667. The molecule has 0 saturated carbocycles. The van der Waals surface area contributed by atoms with E-state index < -0.39 is 0 Å². The van der Waals surface area contributed by atoms with Crippen molar-refractivity contribution in [1.82, 2.24) is 10.2 Å². The molecule has 0 saturated heterocycles. The van der Waals surface area contributed by atoms with E-state index in [2.05, 4.69) is 15.5 Å². The molecule has 0 bridgehead atoms. The first-order chi connectivity index (χ1) is 9.40. The Bertz CT molecular complexity index is 584. The number of hydrogen-bond donors (Lipinski definition) is 1. The SMILES string of the molecule is Cl.c1ccc(Cc2nnc(Nc3ccccc3)o2)cc1. The van der Waals surface area contributed by atoms with Crippen LogP contribution in [0.25, 0.3) is 0 Å². The number of para-hydroxylation sites is 1. The summed E-state index contributed by atoms with van der Waals surface area (Å²) in [6.07, 6.45) is 0.643. The average molecular weight is 288 g/mol. The zero-order valence-electron chi connectivity index (χ0n) is 10.7. The third kappa shape index (κ3) is 3.59. The second-order valence-electron chi connectivity index (χ2n) is 4.15. The summed E-state index contributed by atoms with van der Waals surface area (Å²) in [6.45, 7) is 0. The van der Waals surface area contributed by atoms with E-state index in [1.165, 1.54) is 0 Å². The highest BCUT2D eigenvalue weighted by Crippen LogP contribution is 2.16. The van der Waals surface area contributed by atoms with Crippen LogP contribution in [-0.4, -0.2) is 10.2 Å². The molecule has 5 heteroatoms. The van der Waals surface area contributed by atoms with Gasteiger partial charge in [-0.1, -0.05) is 53.6 Å². The molecule has 1 heterocycles. The van der Waals surface area contributed by atoms with Gasteiger partial charge in [-0.2, -0.15) is 0 Å². The minimum absolute atomic E-state index is 0. The van der Waals surface area contributed by atoms with Gasteiger partial charge < -0.3 is 9.73 Å². The number of nitrogens with zero attached hydrogens (tertiary/aromatic N) is 2. The van der Waals surface area contributed by atoms with Crippen LogP contribution in [0.5, 0.6) is 0 Å². The normalized spacial score (nSPS) is 9.80. The monoisotopic (exact) mass is 287 g/mol. The number of nitrogens with one attached hydrogen (secondary N) is 1. The van der Waals surface area contributed by atoms with Gasteiger partial charge in [-0.3, -0.25) is 0 Å². The van der Waals surface area contributed by atoms with Gasteiger partial charge in [0.2, 0.25) is 5.89 Å². The molecule has 3 rings (SSSR count). The largest absolute Gasteiger partial charge is 0.408 e. The van der Waals surface area contributed by atoms with E-state index in [4.69, 9.17) is 4.42 Å². The summed E-state index contributed by atoms with van der Waals surface area (Å²) in [6, 6.07) is 20.2. The second kappa shape index (κ2) is 6.73. The second-order valence-corrected chi connectivity index (χ2v) is 4.15. The van der Waals surface area contributed by atoms with Crippen molar-refractivity contribution < 1.29 is 4.42 Å². The van der Waals surface area contributed by atoms with E-state index in [9.17, 15) is 0 Å². The van der Waals surface area contributed by atoms with Crippen molar-refractivity contribution in [2.75, 3.05) is 5.32 Å². The van der Waals surface area contributed by atoms with Crippen molar-refractivity contribution in [2.45, 2.75) is 6.42 Å². The van der Waals surface area contributed by atoms with Gasteiger partial charge in [0, 0.05) is 5.69 Å². The lowest BCUT2D eigenvalue weighted by atomic mass is 10.2. The zero-order valence-corrected chi connectivity index (χ0v) is 11.5. The molecule has 1 aromatic heterocycles. The van der Waals surface area contributed by atoms with Crippen LogP contribution in [0.15, 0.2) is 65.1 Å². The minimum Gasteiger partial charge on any atom is -0.408 e. The summed E-state index contributed by atoms with van der Waals surface area (Å²) in [5.41, 5.74) is 2.08. The molecule has 3 aromatic rings. The van der Waals surface area contributed by atoms with Crippen LogP contribution in [-0.2, 0) is 6.42 Å². The van der Waals surface area contributed by atoms with E-state index in [-0.39, 0.29) is 12.4 Å². The summed E-state index contributed by atoms with van der Waals surface area (Å²) in [5.74, 6) is 0.602. The van der Waals surface area contributed by atoms with Crippen LogP contribution in [0, 0.1) is 0 Å². The number of rotatable bonds is 4. The van der Waals surface area contributed by atoms with E-state index in [0.717, 1.165) is 11.3 Å². The standard InChI is InChI=1S/C15H13N3O.ClH/c1-3-7-12(8-4-1)11-14-17-18-15(19-14)16-13-9-5-2-6-10-13;/h1-10H,11H2,(H,16,18);1H. The number of aromatic nitrogens is 2. The molecule has 0 fully saturated rings. The summed E-state index contributed by atoms with van der Waals surface area (Å²) in [7, 11) is 0. The van der Waals surface area contributed by atoms with Crippen LogP contribution in [0.4, 0.5) is 11.7 Å². The highest BCUT2D eigenvalue weighted by Gasteiger charge is 2.06. The molecule has 0 aliphatic carbocycles. The van der Waals surface area contributed by atoms with Gasteiger partial charge in [0.1, 0.15) is 0 Å². The number of hydrogen-bond acceptors (Lipinski definition) is 4. The Balaban J connectivity index is 0.00000147. The highest BCUT2D eigenvalue weighted by molar-refractivity contribution is 5.85. The molecule has 0 radical (unpaired) electrons. The Hall–Kier alpha value is -2.33. The summed E-state index contributed by atoms with van der Waals surface area (Å²) in [4.78, 5) is 0. The molecule has 0 aliphatic rings. The predicted octanol–water partition coefficient (Wildman–Crippen LogP) is 3.83. The molecule has 0 spiro atoms. The van der Waals surface area contributed by atoms with Gasteiger partial charge in [-0.25, -0.2) is 0 Å². The quantitative estimate of drug-likeness (QED) is 0.792. The van der Waals surface area contributed by atoms with Gasteiger partial charge in [0.15, 0.2) is 0 Å². The Morgan fingerprint density at radius 1 is 0.850 bits per heavy atom. The minimum atomic E-state index is 0. The van der Waals surface area contributed by atoms with Crippen LogP contribution in [0.1, 0.15) is 11.5 Å². The van der Waals surface area contributed by atoms with Crippen molar-refractivity contribution in [1.29, 1.82) is 0 Å². The lowest BCUT2D eigenvalue weighted by Gasteiger charge is -1.99. The van der Waals surface area contributed by atoms with Crippen molar-refractivity contribution in [3.63, 3.8) is 0 Å². The van der Waals surface area contributed by atoms with E-state index in [1.807, 2.05) is 60.7 Å². The maximum Gasteiger partial charge on any atom is 0.320 e.